The highest BCUT2D eigenvalue weighted by molar-refractivity contribution is 5.86. The third kappa shape index (κ3) is 3.32. The fraction of sp³-hybridized carbons (Fsp3) is 0.429. The van der Waals surface area contributed by atoms with Crippen molar-refractivity contribution in [2.45, 2.75) is 26.0 Å². The van der Waals surface area contributed by atoms with Crippen LogP contribution < -0.4 is 4.90 Å². The Morgan fingerprint density at radius 1 is 1.58 bits per heavy atom. The maximum absolute atomic E-state index is 10.6. The normalized spacial score (nSPS) is 23.8. The second-order valence-corrected chi connectivity index (χ2v) is 4.73. The van der Waals surface area contributed by atoms with Gasteiger partial charge >= 0.3 is 5.97 Å². The van der Waals surface area contributed by atoms with E-state index in [1.54, 1.807) is 18.3 Å². The van der Waals surface area contributed by atoms with Gasteiger partial charge in [-0.1, -0.05) is 0 Å². The number of aromatic nitrogens is 1. The summed E-state index contributed by atoms with van der Waals surface area (Å²) in [5.74, 6) is -0.152. The van der Waals surface area contributed by atoms with E-state index in [0.717, 1.165) is 24.0 Å². The van der Waals surface area contributed by atoms with Gasteiger partial charge in [0.1, 0.15) is 5.82 Å². The summed E-state index contributed by atoms with van der Waals surface area (Å²) in [6.07, 6.45) is 4.59. The molecule has 2 heterocycles. The van der Waals surface area contributed by atoms with Gasteiger partial charge in [-0.05, 0) is 32.1 Å². The van der Waals surface area contributed by atoms with Crippen molar-refractivity contribution >= 4 is 17.9 Å². The number of anilines is 1. The molecule has 2 unspecified atom stereocenters. The standard InChI is InChI=1S/C14H18N2O3/c1-10-9-19-11(2)8-16(10)14-12(4-3-7-15-14)5-6-13(17)18/h3-7,10-11H,8-9H2,1-2H3,(H,17,18)/b6-5+. The fourth-order valence-corrected chi connectivity index (χ4v) is 2.14. The van der Waals surface area contributed by atoms with Gasteiger partial charge in [-0.3, -0.25) is 0 Å². The van der Waals surface area contributed by atoms with Gasteiger partial charge < -0.3 is 14.7 Å². The van der Waals surface area contributed by atoms with Crippen molar-refractivity contribution in [1.29, 1.82) is 0 Å². The molecular formula is C14H18N2O3. The number of hydrogen-bond acceptors (Lipinski definition) is 4. The summed E-state index contributed by atoms with van der Waals surface area (Å²) in [5, 5.41) is 8.73. The number of carbonyl (C=O) groups is 1. The number of rotatable bonds is 3. The molecule has 102 valence electrons. The summed E-state index contributed by atoms with van der Waals surface area (Å²) < 4.78 is 5.60. The molecule has 1 N–H and O–H groups in total. The smallest absolute Gasteiger partial charge is 0.328 e. The lowest BCUT2D eigenvalue weighted by Crippen LogP contribution is -2.48. The number of nitrogens with zero attached hydrogens (tertiary/aromatic N) is 2. The van der Waals surface area contributed by atoms with Crippen molar-refractivity contribution in [1.82, 2.24) is 4.98 Å². The molecule has 0 saturated carbocycles. The topological polar surface area (TPSA) is 62.7 Å². The molecule has 1 aliphatic heterocycles. The molecule has 5 heteroatoms. The van der Waals surface area contributed by atoms with Gasteiger partial charge in [0.25, 0.3) is 0 Å². The maximum atomic E-state index is 10.6. The molecule has 0 radical (unpaired) electrons. The van der Waals surface area contributed by atoms with E-state index in [-0.39, 0.29) is 12.1 Å². The van der Waals surface area contributed by atoms with Gasteiger partial charge in [0.15, 0.2) is 0 Å². The number of carboxylic acids is 1. The lowest BCUT2D eigenvalue weighted by Gasteiger charge is -2.38. The van der Waals surface area contributed by atoms with Crippen LogP contribution in [0.5, 0.6) is 0 Å². The van der Waals surface area contributed by atoms with Crippen molar-refractivity contribution in [3.63, 3.8) is 0 Å². The van der Waals surface area contributed by atoms with Crippen molar-refractivity contribution in [3.8, 4) is 0 Å². The summed E-state index contributed by atoms with van der Waals surface area (Å²) in [7, 11) is 0. The minimum atomic E-state index is -0.960. The molecule has 0 spiro atoms. The zero-order chi connectivity index (χ0) is 13.8. The van der Waals surface area contributed by atoms with Crippen LogP contribution in [0.25, 0.3) is 6.08 Å². The molecule has 1 aliphatic rings. The Balaban J connectivity index is 2.30. The van der Waals surface area contributed by atoms with Gasteiger partial charge in [0.2, 0.25) is 0 Å². The van der Waals surface area contributed by atoms with Crippen LogP contribution in [0.3, 0.4) is 0 Å². The first kappa shape index (κ1) is 13.5. The molecule has 5 nitrogen and oxygen atoms in total. The highest BCUT2D eigenvalue weighted by atomic mass is 16.5. The first-order chi connectivity index (χ1) is 9.08. The van der Waals surface area contributed by atoms with Crippen molar-refractivity contribution < 1.29 is 14.6 Å². The predicted octanol–water partition coefficient (Wildman–Crippen LogP) is 1.79. The first-order valence-corrected chi connectivity index (χ1v) is 6.32. The monoisotopic (exact) mass is 262 g/mol. The van der Waals surface area contributed by atoms with E-state index in [9.17, 15) is 4.79 Å². The van der Waals surface area contributed by atoms with Crippen LogP contribution in [0.15, 0.2) is 24.4 Å². The van der Waals surface area contributed by atoms with E-state index >= 15 is 0 Å². The number of hydrogen-bond donors (Lipinski definition) is 1. The number of morpholine rings is 1. The van der Waals surface area contributed by atoms with E-state index in [1.807, 2.05) is 13.0 Å². The van der Waals surface area contributed by atoms with Crippen LogP contribution >= 0.6 is 0 Å². The predicted molar refractivity (Wildman–Crippen MR) is 73.1 cm³/mol. The molecule has 0 amide bonds. The number of aliphatic carboxylic acids is 1. The Bertz CT molecular complexity index is 487. The molecule has 19 heavy (non-hydrogen) atoms. The molecule has 0 aromatic carbocycles. The third-order valence-electron chi connectivity index (χ3n) is 3.10. The lowest BCUT2D eigenvalue weighted by atomic mass is 10.1. The van der Waals surface area contributed by atoms with Gasteiger partial charge in [0, 0.05) is 24.4 Å². The van der Waals surface area contributed by atoms with Crippen LogP contribution in [0.2, 0.25) is 0 Å². The van der Waals surface area contributed by atoms with Gasteiger partial charge in [0.05, 0.1) is 18.8 Å². The van der Waals surface area contributed by atoms with E-state index in [1.165, 1.54) is 0 Å². The van der Waals surface area contributed by atoms with Crippen LogP contribution in [0, 0.1) is 0 Å². The quantitative estimate of drug-likeness (QED) is 0.841. The Kier molecular flexibility index (Phi) is 4.16. The molecule has 1 aromatic heterocycles. The molecular weight excluding hydrogens is 244 g/mol. The summed E-state index contributed by atoms with van der Waals surface area (Å²) >= 11 is 0. The van der Waals surface area contributed by atoms with Gasteiger partial charge in [-0.2, -0.15) is 0 Å². The summed E-state index contributed by atoms with van der Waals surface area (Å²) in [6, 6.07) is 3.90. The fourth-order valence-electron chi connectivity index (χ4n) is 2.14. The second kappa shape index (κ2) is 5.84. The number of ether oxygens (including phenoxy) is 1. The SMILES string of the molecule is CC1CN(c2ncccc2/C=C/C(=O)O)C(C)CO1. The van der Waals surface area contributed by atoms with Crippen molar-refractivity contribution in [3.05, 3.63) is 30.0 Å². The molecule has 2 rings (SSSR count). The lowest BCUT2D eigenvalue weighted by molar-refractivity contribution is -0.131. The Hall–Kier alpha value is -1.88. The minimum absolute atomic E-state index is 0.148. The summed E-state index contributed by atoms with van der Waals surface area (Å²) in [4.78, 5) is 17.2. The van der Waals surface area contributed by atoms with Gasteiger partial charge in [-0.15, -0.1) is 0 Å². The molecule has 0 aliphatic carbocycles. The maximum Gasteiger partial charge on any atom is 0.328 e. The van der Waals surface area contributed by atoms with Crippen molar-refractivity contribution in [2.75, 3.05) is 18.1 Å². The molecule has 1 aromatic rings. The van der Waals surface area contributed by atoms with E-state index < -0.39 is 5.97 Å². The Morgan fingerprint density at radius 2 is 2.37 bits per heavy atom. The largest absolute Gasteiger partial charge is 0.478 e. The van der Waals surface area contributed by atoms with E-state index in [0.29, 0.717) is 6.61 Å². The van der Waals surface area contributed by atoms with Crippen LogP contribution in [-0.2, 0) is 9.53 Å². The Labute approximate surface area is 112 Å². The zero-order valence-electron chi connectivity index (χ0n) is 11.1. The van der Waals surface area contributed by atoms with Crippen LogP contribution in [-0.4, -0.2) is 41.4 Å². The minimum Gasteiger partial charge on any atom is -0.478 e. The third-order valence-corrected chi connectivity index (χ3v) is 3.10. The average molecular weight is 262 g/mol. The highest BCUT2D eigenvalue weighted by Crippen LogP contribution is 2.24. The molecule has 1 saturated heterocycles. The van der Waals surface area contributed by atoms with Crippen LogP contribution in [0.4, 0.5) is 5.82 Å². The summed E-state index contributed by atoms with van der Waals surface area (Å²) in [5.41, 5.74) is 0.811. The van der Waals surface area contributed by atoms with E-state index in [4.69, 9.17) is 9.84 Å². The molecule has 0 bridgehead atoms. The summed E-state index contributed by atoms with van der Waals surface area (Å²) in [6.45, 7) is 5.51. The second-order valence-electron chi connectivity index (χ2n) is 4.73. The van der Waals surface area contributed by atoms with Crippen LogP contribution in [0.1, 0.15) is 19.4 Å². The molecule has 1 fully saturated rings. The first-order valence-electron chi connectivity index (χ1n) is 6.32. The van der Waals surface area contributed by atoms with E-state index in [2.05, 4.69) is 16.8 Å². The Morgan fingerprint density at radius 3 is 3.11 bits per heavy atom. The number of carboxylic acid groups (broad SMARTS) is 1. The molecule has 2 atom stereocenters. The number of pyridine rings is 1. The highest BCUT2D eigenvalue weighted by Gasteiger charge is 2.25. The van der Waals surface area contributed by atoms with Crippen molar-refractivity contribution in [2.24, 2.45) is 0 Å². The zero-order valence-corrected chi connectivity index (χ0v) is 11.1. The van der Waals surface area contributed by atoms with Gasteiger partial charge in [-0.25, -0.2) is 9.78 Å². The average Bonchev–Trinajstić information content (AvgIpc) is 2.39.